The van der Waals surface area contributed by atoms with Gasteiger partial charge in [-0.2, -0.15) is 0 Å². The number of nitrogens with one attached hydrogen (secondary N) is 1. The lowest BCUT2D eigenvalue weighted by atomic mass is 9.83. The minimum absolute atomic E-state index is 0.697. The van der Waals surface area contributed by atoms with Crippen molar-refractivity contribution in [2.75, 3.05) is 6.54 Å². The molecule has 1 aliphatic carbocycles. The van der Waals surface area contributed by atoms with Crippen LogP contribution in [-0.2, 0) is 5.75 Å². The fourth-order valence-electron chi connectivity index (χ4n) is 3.21. The van der Waals surface area contributed by atoms with Crippen LogP contribution in [0.5, 0.6) is 0 Å². The van der Waals surface area contributed by atoms with E-state index in [4.69, 9.17) is 4.42 Å². The summed E-state index contributed by atoms with van der Waals surface area (Å²) in [6.07, 6.45) is 9.87. The topological polar surface area (TPSA) is 25.2 Å². The van der Waals surface area contributed by atoms with Crippen LogP contribution in [-0.4, -0.2) is 17.8 Å². The first-order chi connectivity index (χ1) is 9.83. The van der Waals surface area contributed by atoms with Gasteiger partial charge in [0, 0.05) is 11.3 Å². The molecule has 0 radical (unpaired) electrons. The highest BCUT2D eigenvalue weighted by molar-refractivity contribution is 7.99. The van der Waals surface area contributed by atoms with E-state index in [0.29, 0.717) is 6.04 Å². The summed E-state index contributed by atoms with van der Waals surface area (Å²) in [6.45, 7) is 5.72. The van der Waals surface area contributed by atoms with E-state index in [0.717, 1.165) is 29.2 Å². The van der Waals surface area contributed by atoms with Gasteiger partial charge in [-0.3, -0.25) is 0 Å². The Morgan fingerprint density at radius 3 is 2.90 bits per heavy atom. The number of hydrogen-bond donors (Lipinski definition) is 1. The van der Waals surface area contributed by atoms with E-state index >= 15 is 0 Å². The molecule has 0 aromatic carbocycles. The summed E-state index contributed by atoms with van der Waals surface area (Å²) in [4.78, 5) is 0. The molecule has 2 rings (SSSR count). The van der Waals surface area contributed by atoms with E-state index in [2.05, 4.69) is 37.0 Å². The van der Waals surface area contributed by atoms with Crippen molar-refractivity contribution in [3.63, 3.8) is 0 Å². The van der Waals surface area contributed by atoms with E-state index in [1.807, 2.05) is 6.07 Å². The van der Waals surface area contributed by atoms with Crippen LogP contribution in [0.2, 0.25) is 0 Å². The monoisotopic (exact) mass is 295 g/mol. The Balaban J connectivity index is 1.86. The van der Waals surface area contributed by atoms with Gasteiger partial charge in [-0.15, -0.1) is 11.8 Å². The largest absolute Gasteiger partial charge is 0.468 e. The highest BCUT2D eigenvalue weighted by Crippen LogP contribution is 2.36. The Bertz CT molecular complexity index is 352. The molecule has 0 spiro atoms. The average Bonchev–Trinajstić information content (AvgIpc) is 2.97. The molecule has 1 heterocycles. The molecule has 3 heteroatoms. The van der Waals surface area contributed by atoms with Gasteiger partial charge >= 0.3 is 0 Å². The quantitative estimate of drug-likeness (QED) is 0.742. The third-order valence-electron chi connectivity index (χ3n) is 4.27. The Hall–Kier alpha value is -0.410. The SMILES string of the molecule is CCCNC1CCC(CCC)CC1SCc1ccco1. The summed E-state index contributed by atoms with van der Waals surface area (Å²) in [7, 11) is 0. The van der Waals surface area contributed by atoms with Crippen molar-refractivity contribution < 1.29 is 4.42 Å². The van der Waals surface area contributed by atoms with Crippen LogP contribution >= 0.6 is 11.8 Å². The summed E-state index contributed by atoms with van der Waals surface area (Å²) in [5, 5.41) is 4.51. The van der Waals surface area contributed by atoms with Crippen LogP contribution in [0, 0.1) is 5.92 Å². The van der Waals surface area contributed by atoms with Crippen molar-refractivity contribution in [3.8, 4) is 0 Å². The summed E-state index contributed by atoms with van der Waals surface area (Å²) in [6, 6.07) is 4.78. The first-order valence-corrected chi connectivity index (χ1v) is 9.25. The lowest BCUT2D eigenvalue weighted by Crippen LogP contribution is -2.43. The van der Waals surface area contributed by atoms with Gasteiger partial charge in [0.25, 0.3) is 0 Å². The fraction of sp³-hybridized carbons (Fsp3) is 0.765. The van der Waals surface area contributed by atoms with E-state index in [1.54, 1.807) is 6.26 Å². The van der Waals surface area contributed by atoms with Crippen molar-refractivity contribution in [3.05, 3.63) is 24.2 Å². The second kappa shape index (κ2) is 8.78. The highest BCUT2D eigenvalue weighted by atomic mass is 32.2. The first kappa shape index (κ1) is 16.0. The van der Waals surface area contributed by atoms with Crippen molar-refractivity contribution in [1.29, 1.82) is 0 Å². The third-order valence-corrected chi connectivity index (χ3v) is 5.67. The van der Waals surface area contributed by atoms with E-state index < -0.39 is 0 Å². The molecule has 1 N–H and O–H groups in total. The summed E-state index contributed by atoms with van der Waals surface area (Å²) in [5.41, 5.74) is 0. The lowest BCUT2D eigenvalue weighted by molar-refractivity contribution is 0.287. The number of hydrogen-bond acceptors (Lipinski definition) is 3. The maximum atomic E-state index is 5.47. The highest BCUT2D eigenvalue weighted by Gasteiger charge is 2.30. The van der Waals surface area contributed by atoms with E-state index in [-0.39, 0.29) is 0 Å². The van der Waals surface area contributed by atoms with Crippen molar-refractivity contribution in [2.24, 2.45) is 5.92 Å². The van der Waals surface area contributed by atoms with Crippen molar-refractivity contribution in [1.82, 2.24) is 5.32 Å². The molecule has 114 valence electrons. The zero-order valence-corrected chi connectivity index (χ0v) is 13.8. The van der Waals surface area contributed by atoms with Gasteiger partial charge in [0.05, 0.1) is 12.0 Å². The molecule has 0 amide bonds. The molecule has 0 bridgehead atoms. The number of furan rings is 1. The molecule has 1 saturated carbocycles. The molecule has 20 heavy (non-hydrogen) atoms. The van der Waals surface area contributed by atoms with Gasteiger partial charge in [0.2, 0.25) is 0 Å². The van der Waals surface area contributed by atoms with Crippen LogP contribution in [0.4, 0.5) is 0 Å². The third kappa shape index (κ3) is 4.85. The lowest BCUT2D eigenvalue weighted by Gasteiger charge is -2.36. The first-order valence-electron chi connectivity index (χ1n) is 8.20. The van der Waals surface area contributed by atoms with Crippen LogP contribution in [0.15, 0.2) is 22.8 Å². The minimum atomic E-state index is 0.697. The molecule has 0 saturated heterocycles. The summed E-state index contributed by atoms with van der Waals surface area (Å²) in [5.74, 6) is 3.07. The summed E-state index contributed by atoms with van der Waals surface area (Å²) < 4.78 is 5.47. The maximum Gasteiger partial charge on any atom is 0.113 e. The van der Waals surface area contributed by atoms with Crippen LogP contribution in [0.3, 0.4) is 0 Å². The molecule has 1 aliphatic rings. The molecular weight excluding hydrogens is 266 g/mol. The van der Waals surface area contributed by atoms with Gasteiger partial charge in [-0.1, -0.05) is 26.7 Å². The van der Waals surface area contributed by atoms with E-state index in [9.17, 15) is 0 Å². The Labute approximate surface area is 128 Å². The van der Waals surface area contributed by atoms with Crippen molar-refractivity contribution >= 4 is 11.8 Å². The Morgan fingerprint density at radius 1 is 1.30 bits per heavy atom. The van der Waals surface area contributed by atoms with Crippen LogP contribution in [0.1, 0.15) is 58.1 Å². The number of thioether (sulfide) groups is 1. The fourth-order valence-corrected chi connectivity index (χ4v) is 4.63. The van der Waals surface area contributed by atoms with Gasteiger partial charge in [-0.05, 0) is 50.3 Å². The van der Waals surface area contributed by atoms with E-state index in [1.165, 1.54) is 38.5 Å². The molecule has 1 aromatic rings. The Kier molecular flexibility index (Phi) is 7.01. The second-order valence-electron chi connectivity index (χ2n) is 5.96. The zero-order valence-electron chi connectivity index (χ0n) is 12.9. The van der Waals surface area contributed by atoms with Gasteiger partial charge in [0.1, 0.15) is 5.76 Å². The van der Waals surface area contributed by atoms with Gasteiger partial charge in [0.15, 0.2) is 0 Å². The molecule has 0 aliphatic heterocycles. The van der Waals surface area contributed by atoms with Gasteiger partial charge in [-0.25, -0.2) is 0 Å². The zero-order chi connectivity index (χ0) is 14.2. The van der Waals surface area contributed by atoms with Crippen LogP contribution in [0.25, 0.3) is 0 Å². The molecule has 1 fully saturated rings. The maximum absolute atomic E-state index is 5.47. The van der Waals surface area contributed by atoms with Gasteiger partial charge < -0.3 is 9.73 Å². The molecular formula is C17H29NOS. The molecule has 3 atom stereocenters. The molecule has 2 nitrogen and oxygen atoms in total. The predicted molar refractivity (Wildman–Crippen MR) is 88.1 cm³/mol. The van der Waals surface area contributed by atoms with Crippen LogP contribution < -0.4 is 5.32 Å². The minimum Gasteiger partial charge on any atom is -0.468 e. The average molecular weight is 295 g/mol. The normalized spacial score (nSPS) is 26.8. The second-order valence-corrected chi connectivity index (χ2v) is 7.18. The smallest absolute Gasteiger partial charge is 0.113 e. The molecule has 3 unspecified atom stereocenters. The Morgan fingerprint density at radius 2 is 2.20 bits per heavy atom. The van der Waals surface area contributed by atoms with Crippen molar-refractivity contribution in [2.45, 2.75) is 69.4 Å². The standard InChI is InChI=1S/C17H29NOS/c1-3-6-14-8-9-16(18-10-4-2)17(12-14)20-13-15-7-5-11-19-15/h5,7,11,14,16-18H,3-4,6,8-10,12-13H2,1-2H3. The summed E-state index contributed by atoms with van der Waals surface area (Å²) >= 11 is 2.09. The molecule has 1 aromatic heterocycles. The predicted octanol–water partition coefficient (Wildman–Crippen LogP) is 4.85. The number of rotatable bonds is 8.